The Labute approximate surface area is 102 Å². The van der Waals surface area contributed by atoms with Gasteiger partial charge in [-0.15, -0.1) is 16.4 Å². The molecule has 0 aliphatic rings. The van der Waals surface area contributed by atoms with Gasteiger partial charge in [0.15, 0.2) is 5.69 Å². The van der Waals surface area contributed by atoms with E-state index in [9.17, 15) is 4.79 Å². The fraction of sp³-hybridized carbons (Fsp3) is 0.400. The Morgan fingerprint density at radius 2 is 2.35 bits per heavy atom. The highest BCUT2D eigenvalue weighted by Crippen LogP contribution is 2.19. The molecule has 0 unspecified atom stereocenters. The second-order valence-electron chi connectivity index (χ2n) is 3.94. The number of aromatic nitrogens is 4. The summed E-state index contributed by atoms with van der Waals surface area (Å²) in [7, 11) is 0. The van der Waals surface area contributed by atoms with Crippen LogP contribution in [0, 0.1) is 0 Å². The first kappa shape index (κ1) is 11.7. The second kappa shape index (κ2) is 4.62. The molecule has 2 aromatic rings. The Morgan fingerprint density at radius 1 is 1.59 bits per heavy atom. The lowest BCUT2D eigenvalue weighted by Gasteiger charge is -1.97. The van der Waals surface area contributed by atoms with Crippen molar-refractivity contribution in [1.82, 2.24) is 20.0 Å². The van der Waals surface area contributed by atoms with Crippen LogP contribution in [-0.2, 0) is 6.54 Å². The van der Waals surface area contributed by atoms with E-state index in [1.165, 1.54) is 10.9 Å². The number of hydrogen-bond donors (Lipinski definition) is 1. The van der Waals surface area contributed by atoms with Crippen molar-refractivity contribution in [2.45, 2.75) is 26.3 Å². The molecule has 0 aliphatic carbocycles. The summed E-state index contributed by atoms with van der Waals surface area (Å²) in [4.78, 5) is 15.1. The third-order valence-corrected chi connectivity index (χ3v) is 3.34. The molecule has 0 saturated carbocycles. The van der Waals surface area contributed by atoms with Gasteiger partial charge in [0.1, 0.15) is 0 Å². The molecule has 0 fully saturated rings. The van der Waals surface area contributed by atoms with E-state index < -0.39 is 5.97 Å². The monoisotopic (exact) mass is 252 g/mol. The zero-order chi connectivity index (χ0) is 12.4. The highest BCUT2D eigenvalue weighted by atomic mass is 32.1. The van der Waals surface area contributed by atoms with E-state index in [-0.39, 0.29) is 5.69 Å². The van der Waals surface area contributed by atoms with Gasteiger partial charge in [-0.1, -0.05) is 19.1 Å². The van der Waals surface area contributed by atoms with Gasteiger partial charge in [-0.2, -0.15) is 0 Å². The van der Waals surface area contributed by atoms with Crippen molar-refractivity contribution in [1.29, 1.82) is 0 Å². The molecule has 0 atom stereocenters. The average Bonchev–Trinajstić information content (AvgIpc) is 2.87. The van der Waals surface area contributed by atoms with Crippen molar-refractivity contribution in [2.24, 2.45) is 0 Å². The summed E-state index contributed by atoms with van der Waals surface area (Å²) in [5.74, 6) is -0.670. The normalized spacial score (nSPS) is 11.0. The maximum Gasteiger partial charge on any atom is 0.358 e. The van der Waals surface area contributed by atoms with E-state index >= 15 is 0 Å². The number of carboxylic acid groups (broad SMARTS) is 1. The lowest BCUT2D eigenvalue weighted by molar-refractivity contribution is 0.0690. The fourth-order valence-electron chi connectivity index (χ4n) is 1.30. The summed E-state index contributed by atoms with van der Waals surface area (Å²) >= 11 is 1.60. The first-order chi connectivity index (χ1) is 8.06. The molecule has 17 heavy (non-hydrogen) atoms. The Bertz CT molecular complexity index is 532. The summed E-state index contributed by atoms with van der Waals surface area (Å²) in [5.41, 5.74) is 0.824. The van der Waals surface area contributed by atoms with Crippen LogP contribution in [0.5, 0.6) is 0 Å². The van der Waals surface area contributed by atoms with Gasteiger partial charge < -0.3 is 5.11 Å². The summed E-state index contributed by atoms with van der Waals surface area (Å²) in [5, 5.41) is 19.0. The molecule has 90 valence electrons. The number of nitrogens with zero attached hydrogens (tertiary/aromatic N) is 4. The summed E-state index contributed by atoms with van der Waals surface area (Å²) in [6.07, 6.45) is 1.40. The number of carbonyl (C=O) groups is 1. The Balaban J connectivity index is 2.11. The van der Waals surface area contributed by atoms with Crippen molar-refractivity contribution in [3.8, 4) is 0 Å². The zero-order valence-electron chi connectivity index (χ0n) is 9.49. The van der Waals surface area contributed by atoms with Gasteiger partial charge in [0.05, 0.1) is 23.4 Å². The second-order valence-corrected chi connectivity index (χ2v) is 4.83. The quantitative estimate of drug-likeness (QED) is 0.894. The van der Waals surface area contributed by atoms with Crippen LogP contribution in [-0.4, -0.2) is 31.1 Å². The van der Waals surface area contributed by atoms with Crippen molar-refractivity contribution in [2.75, 3.05) is 0 Å². The molecule has 0 saturated heterocycles. The first-order valence-corrected chi connectivity index (χ1v) is 6.02. The Morgan fingerprint density at radius 3 is 2.88 bits per heavy atom. The summed E-state index contributed by atoms with van der Waals surface area (Å²) in [6, 6.07) is 0. The first-order valence-electron chi connectivity index (χ1n) is 5.14. The zero-order valence-corrected chi connectivity index (χ0v) is 10.3. The summed E-state index contributed by atoms with van der Waals surface area (Å²) < 4.78 is 1.47. The van der Waals surface area contributed by atoms with Crippen LogP contribution in [0.1, 0.15) is 41.0 Å². The van der Waals surface area contributed by atoms with Crippen molar-refractivity contribution < 1.29 is 9.90 Å². The molecular weight excluding hydrogens is 240 g/mol. The fourth-order valence-corrected chi connectivity index (χ4v) is 2.13. The van der Waals surface area contributed by atoms with Gasteiger partial charge in [0, 0.05) is 11.3 Å². The summed E-state index contributed by atoms with van der Waals surface area (Å²) in [6.45, 7) is 4.62. The van der Waals surface area contributed by atoms with Gasteiger partial charge in [-0.3, -0.25) is 0 Å². The van der Waals surface area contributed by atoms with Crippen molar-refractivity contribution >= 4 is 17.3 Å². The van der Waals surface area contributed by atoms with E-state index in [1.807, 2.05) is 5.38 Å². The molecule has 1 N–H and O–H groups in total. The molecule has 2 aromatic heterocycles. The van der Waals surface area contributed by atoms with Gasteiger partial charge in [-0.25, -0.2) is 14.5 Å². The largest absolute Gasteiger partial charge is 0.476 e. The standard InChI is InChI=1S/C10H12N4O2S/c1-6(2)9-11-7(5-17-9)3-14-4-8(10(15)16)12-13-14/h4-6H,3H2,1-2H3,(H,15,16). The maximum absolute atomic E-state index is 10.6. The number of aromatic carboxylic acids is 1. The molecule has 0 radical (unpaired) electrons. The highest BCUT2D eigenvalue weighted by Gasteiger charge is 2.10. The van der Waals surface area contributed by atoms with E-state index in [4.69, 9.17) is 5.11 Å². The van der Waals surface area contributed by atoms with E-state index in [0.717, 1.165) is 10.7 Å². The lowest BCUT2D eigenvalue weighted by atomic mass is 10.2. The van der Waals surface area contributed by atoms with Crippen LogP contribution in [0.2, 0.25) is 0 Å². The van der Waals surface area contributed by atoms with Crippen molar-refractivity contribution in [3.05, 3.63) is 28.0 Å². The minimum atomic E-state index is -1.07. The predicted molar refractivity (Wildman–Crippen MR) is 62.3 cm³/mol. The maximum atomic E-state index is 10.6. The minimum Gasteiger partial charge on any atom is -0.476 e. The molecular formula is C10H12N4O2S. The topological polar surface area (TPSA) is 80.9 Å². The molecule has 0 aliphatic heterocycles. The molecule has 7 heteroatoms. The Kier molecular flexibility index (Phi) is 3.19. The number of carboxylic acids is 1. The molecule has 0 bridgehead atoms. The number of thiazole rings is 1. The smallest absolute Gasteiger partial charge is 0.358 e. The number of rotatable bonds is 4. The number of hydrogen-bond acceptors (Lipinski definition) is 5. The van der Waals surface area contributed by atoms with Crippen LogP contribution >= 0.6 is 11.3 Å². The van der Waals surface area contributed by atoms with Crippen molar-refractivity contribution in [3.63, 3.8) is 0 Å². The minimum absolute atomic E-state index is 0.0516. The lowest BCUT2D eigenvalue weighted by Crippen LogP contribution is -2.01. The van der Waals surface area contributed by atoms with E-state index in [2.05, 4.69) is 29.1 Å². The molecule has 0 spiro atoms. The van der Waals surface area contributed by atoms with Gasteiger partial charge in [0.25, 0.3) is 0 Å². The third-order valence-electron chi connectivity index (χ3n) is 2.15. The van der Waals surface area contributed by atoms with E-state index in [1.54, 1.807) is 11.3 Å². The van der Waals surface area contributed by atoms with E-state index in [0.29, 0.717) is 12.5 Å². The SMILES string of the molecule is CC(C)c1nc(Cn2cc(C(=O)O)nn2)cs1. The predicted octanol–water partition coefficient (Wildman–Crippen LogP) is 1.60. The van der Waals surface area contributed by atoms with Crippen LogP contribution in [0.15, 0.2) is 11.6 Å². The molecule has 0 aromatic carbocycles. The van der Waals surface area contributed by atoms with Gasteiger partial charge in [-0.05, 0) is 0 Å². The van der Waals surface area contributed by atoms with Crippen LogP contribution < -0.4 is 0 Å². The average molecular weight is 252 g/mol. The molecule has 2 rings (SSSR count). The van der Waals surface area contributed by atoms with Crippen LogP contribution in [0.25, 0.3) is 0 Å². The molecule has 0 amide bonds. The highest BCUT2D eigenvalue weighted by molar-refractivity contribution is 7.09. The van der Waals surface area contributed by atoms with Gasteiger partial charge >= 0.3 is 5.97 Å². The third kappa shape index (κ3) is 2.68. The molecule has 6 nitrogen and oxygen atoms in total. The van der Waals surface area contributed by atoms with Gasteiger partial charge in [0.2, 0.25) is 0 Å². The molecule has 2 heterocycles. The Hall–Kier alpha value is -1.76. The van der Waals surface area contributed by atoms with Crippen LogP contribution in [0.3, 0.4) is 0 Å². The van der Waals surface area contributed by atoms with Crippen LogP contribution in [0.4, 0.5) is 0 Å².